The highest BCUT2D eigenvalue weighted by Gasteiger charge is 2.19. The van der Waals surface area contributed by atoms with Crippen LogP contribution in [0.15, 0.2) is 60.8 Å². The standard InChI is InChI=1S/C68H122O6/c1-4-7-10-13-16-18-20-22-24-25-26-27-28-29-30-31-32-33-34-35-36-37-38-39-40-41-42-43-45-46-48-50-52-55-58-61-67(70)73-64-65(63-72-66(69)60-57-54-15-12-9-6-3)74-68(71)62-59-56-53-51-49-47-44-23-21-19-17-14-11-8-5-2/h7,10,16,18,22,24,26-27,29-30,65H,4-6,8-9,11-15,17,19-21,23,25,28,31-64H2,1-3H3/b10-7-,18-16-,24-22-,27-26-,30-29-. The van der Waals surface area contributed by atoms with Gasteiger partial charge in [0.25, 0.3) is 0 Å². The molecule has 430 valence electrons. The summed E-state index contributed by atoms with van der Waals surface area (Å²) in [5.41, 5.74) is 0. The fourth-order valence-electron chi connectivity index (χ4n) is 9.47. The quantitative estimate of drug-likeness (QED) is 0.0261. The van der Waals surface area contributed by atoms with Gasteiger partial charge in [-0.2, -0.15) is 0 Å². The van der Waals surface area contributed by atoms with Gasteiger partial charge in [0.05, 0.1) is 0 Å². The van der Waals surface area contributed by atoms with Crippen LogP contribution in [0.4, 0.5) is 0 Å². The van der Waals surface area contributed by atoms with Crippen molar-refractivity contribution in [2.45, 2.75) is 341 Å². The summed E-state index contributed by atoms with van der Waals surface area (Å²) in [5.74, 6) is -0.858. The average Bonchev–Trinajstić information content (AvgIpc) is 3.40. The van der Waals surface area contributed by atoms with Gasteiger partial charge >= 0.3 is 17.9 Å². The Morgan fingerprint density at radius 1 is 0.284 bits per heavy atom. The fourth-order valence-corrected chi connectivity index (χ4v) is 9.47. The van der Waals surface area contributed by atoms with E-state index in [1.807, 2.05) is 0 Å². The lowest BCUT2D eigenvalue weighted by atomic mass is 10.0. The molecule has 6 nitrogen and oxygen atoms in total. The fraction of sp³-hybridized carbons (Fsp3) is 0.809. The molecule has 0 N–H and O–H groups in total. The summed E-state index contributed by atoms with van der Waals surface area (Å²) in [5, 5.41) is 0. The minimum absolute atomic E-state index is 0.0674. The molecule has 0 aromatic carbocycles. The Hall–Kier alpha value is -2.89. The van der Waals surface area contributed by atoms with Crippen molar-refractivity contribution in [3.8, 4) is 0 Å². The Morgan fingerprint density at radius 2 is 0.527 bits per heavy atom. The molecule has 0 aromatic rings. The molecule has 0 saturated carbocycles. The summed E-state index contributed by atoms with van der Waals surface area (Å²) >= 11 is 0. The summed E-state index contributed by atoms with van der Waals surface area (Å²) in [4.78, 5) is 37.9. The normalized spacial score (nSPS) is 12.4. The lowest BCUT2D eigenvalue weighted by Gasteiger charge is -2.18. The van der Waals surface area contributed by atoms with E-state index in [1.54, 1.807) is 0 Å². The number of carbonyl (C=O) groups is 3. The Balaban J connectivity index is 3.91. The molecular formula is C68H122O6. The summed E-state index contributed by atoms with van der Waals surface area (Å²) in [6, 6.07) is 0. The van der Waals surface area contributed by atoms with Crippen molar-refractivity contribution in [3.63, 3.8) is 0 Å². The van der Waals surface area contributed by atoms with Gasteiger partial charge in [0.15, 0.2) is 6.10 Å². The molecule has 0 saturated heterocycles. The van der Waals surface area contributed by atoms with Crippen LogP contribution in [-0.2, 0) is 28.6 Å². The van der Waals surface area contributed by atoms with Crippen molar-refractivity contribution in [2.24, 2.45) is 0 Å². The predicted octanol–water partition coefficient (Wildman–Crippen LogP) is 21.9. The number of hydrogen-bond acceptors (Lipinski definition) is 6. The van der Waals surface area contributed by atoms with Gasteiger partial charge < -0.3 is 14.2 Å². The van der Waals surface area contributed by atoms with E-state index < -0.39 is 6.10 Å². The van der Waals surface area contributed by atoms with Crippen molar-refractivity contribution < 1.29 is 28.6 Å². The Bertz CT molecular complexity index is 1330. The average molecular weight is 1040 g/mol. The van der Waals surface area contributed by atoms with Crippen LogP contribution in [0.2, 0.25) is 0 Å². The summed E-state index contributed by atoms with van der Waals surface area (Å²) in [7, 11) is 0. The second-order valence-corrected chi connectivity index (χ2v) is 21.7. The highest BCUT2D eigenvalue weighted by atomic mass is 16.6. The van der Waals surface area contributed by atoms with Gasteiger partial charge in [0.2, 0.25) is 0 Å². The third kappa shape index (κ3) is 60.0. The summed E-state index contributed by atoms with van der Waals surface area (Å²) in [6.45, 7) is 6.51. The van der Waals surface area contributed by atoms with Crippen LogP contribution in [0.1, 0.15) is 335 Å². The molecule has 0 rings (SSSR count). The van der Waals surface area contributed by atoms with Crippen molar-refractivity contribution in [1.29, 1.82) is 0 Å². The first-order valence-electron chi connectivity index (χ1n) is 32.3. The number of esters is 3. The second kappa shape index (κ2) is 62.6. The zero-order valence-electron chi connectivity index (χ0n) is 49.4. The lowest BCUT2D eigenvalue weighted by Crippen LogP contribution is -2.30. The van der Waals surface area contributed by atoms with Gasteiger partial charge in [0, 0.05) is 19.3 Å². The Labute approximate surface area is 460 Å². The molecule has 0 spiro atoms. The van der Waals surface area contributed by atoms with Crippen molar-refractivity contribution in [1.82, 2.24) is 0 Å². The molecule has 74 heavy (non-hydrogen) atoms. The number of rotatable bonds is 59. The molecule has 0 aliphatic heterocycles. The van der Waals surface area contributed by atoms with E-state index in [2.05, 4.69) is 81.5 Å². The Kier molecular flexibility index (Phi) is 60.2. The van der Waals surface area contributed by atoms with Crippen molar-refractivity contribution >= 4 is 17.9 Å². The summed E-state index contributed by atoms with van der Waals surface area (Å²) in [6.07, 6.45) is 80.0. The maximum Gasteiger partial charge on any atom is 0.306 e. The van der Waals surface area contributed by atoms with Crippen LogP contribution in [-0.4, -0.2) is 37.2 Å². The second-order valence-electron chi connectivity index (χ2n) is 21.7. The lowest BCUT2D eigenvalue weighted by molar-refractivity contribution is -0.167. The molecule has 0 radical (unpaired) electrons. The third-order valence-electron chi connectivity index (χ3n) is 14.3. The van der Waals surface area contributed by atoms with Gasteiger partial charge in [0.1, 0.15) is 13.2 Å². The number of ether oxygens (including phenoxy) is 3. The van der Waals surface area contributed by atoms with Gasteiger partial charge in [-0.3, -0.25) is 14.4 Å². The maximum absolute atomic E-state index is 12.8. The maximum atomic E-state index is 12.8. The number of allylic oxidation sites excluding steroid dienone is 10. The molecular weight excluding hydrogens is 913 g/mol. The number of unbranched alkanes of at least 4 members (excludes halogenated alkanes) is 38. The van der Waals surface area contributed by atoms with E-state index in [9.17, 15) is 14.4 Å². The van der Waals surface area contributed by atoms with Gasteiger partial charge in [-0.1, -0.05) is 313 Å². The molecule has 0 fully saturated rings. The van der Waals surface area contributed by atoms with Gasteiger partial charge in [-0.15, -0.1) is 0 Å². The minimum atomic E-state index is -0.765. The van der Waals surface area contributed by atoms with Crippen molar-refractivity contribution in [2.75, 3.05) is 13.2 Å². The van der Waals surface area contributed by atoms with Crippen molar-refractivity contribution in [3.05, 3.63) is 60.8 Å². The van der Waals surface area contributed by atoms with Crippen LogP contribution >= 0.6 is 0 Å². The van der Waals surface area contributed by atoms with Crippen LogP contribution < -0.4 is 0 Å². The van der Waals surface area contributed by atoms with E-state index in [1.165, 1.54) is 205 Å². The van der Waals surface area contributed by atoms with Crippen LogP contribution in [0.25, 0.3) is 0 Å². The molecule has 1 atom stereocenters. The van der Waals surface area contributed by atoms with E-state index in [4.69, 9.17) is 14.2 Å². The zero-order valence-corrected chi connectivity index (χ0v) is 49.4. The van der Waals surface area contributed by atoms with Gasteiger partial charge in [-0.25, -0.2) is 0 Å². The molecule has 0 heterocycles. The number of hydrogen-bond donors (Lipinski definition) is 0. The first-order chi connectivity index (χ1) is 36.5. The summed E-state index contributed by atoms with van der Waals surface area (Å²) < 4.78 is 16.8. The SMILES string of the molecule is CC/C=C\C/C=C\C/C=C\C/C=C\C/C=C\CCCCCCCCCCCCCCCCCCCCCC(=O)OCC(COC(=O)CCCCCCCC)OC(=O)CCCCCCCCCCCCCCCCC. The van der Waals surface area contributed by atoms with E-state index >= 15 is 0 Å². The van der Waals surface area contributed by atoms with Crippen LogP contribution in [0, 0.1) is 0 Å². The first kappa shape index (κ1) is 71.1. The van der Waals surface area contributed by atoms with E-state index in [-0.39, 0.29) is 31.1 Å². The predicted molar refractivity (Wildman–Crippen MR) is 321 cm³/mol. The molecule has 0 aromatic heterocycles. The van der Waals surface area contributed by atoms with E-state index in [0.29, 0.717) is 19.3 Å². The first-order valence-corrected chi connectivity index (χ1v) is 32.3. The minimum Gasteiger partial charge on any atom is -0.462 e. The third-order valence-corrected chi connectivity index (χ3v) is 14.3. The monoisotopic (exact) mass is 1030 g/mol. The topological polar surface area (TPSA) is 78.9 Å². The van der Waals surface area contributed by atoms with Crippen LogP contribution in [0.3, 0.4) is 0 Å². The highest BCUT2D eigenvalue weighted by molar-refractivity contribution is 5.71. The molecule has 0 bridgehead atoms. The molecule has 0 amide bonds. The van der Waals surface area contributed by atoms with E-state index in [0.717, 1.165) is 89.9 Å². The highest BCUT2D eigenvalue weighted by Crippen LogP contribution is 2.18. The molecule has 0 aliphatic carbocycles. The van der Waals surface area contributed by atoms with Gasteiger partial charge in [-0.05, 0) is 64.2 Å². The number of carbonyl (C=O) groups excluding carboxylic acids is 3. The largest absolute Gasteiger partial charge is 0.462 e. The molecule has 0 aliphatic rings. The smallest absolute Gasteiger partial charge is 0.306 e. The molecule has 1 unspecified atom stereocenters. The zero-order chi connectivity index (χ0) is 53.6. The van der Waals surface area contributed by atoms with Crippen LogP contribution in [0.5, 0.6) is 0 Å². The molecule has 6 heteroatoms. The Morgan fingerprint density at radius 3 is 0.824 bits per heavy atom.